The lowest BCUT2D eigenvalue weighted by Crippen LogP contribution is -2.28. The van der Waals surface area contributed by atoms with Gasteiger partial charge in [0.25, 0.3) is 0 Å². The number of rotatable bonds is 3. The van der Waals surface area contributed by atoms with Crippen molar-refractivity contribution in [3.63, 3.8) is 0 Å². The number of aromatic nitrogens is 2. The molecule has 1 heterocycles. The van der Waals surface area contributed by atoms with Crippen LogP contribution in [0.4, 0.5) is 11.4 Å². The third-order valence-electron chi connectivity index (χ3n) is 2.75. The van der Waals surface area contributed by atoms with Crippen LogP contribution < -0.4 is 16.7 Å². The van der Waals surface area contributed by atoms with E-state index < -0.39 is 5.69 Å². The number of benzene rings is 1. The van der Waals surface area contributed by atoms with Crippen LogP contribution in [0.5, 0.6) is 0 Å². The zero-order chi connectivity index (χ0) is 13.8. The molecule has 6 nitrogen and oxygen atoms in total. The molecular weight excluding hydrogens is 244 g/mol. The second kappa shape index (κ2) is 5.34. The number of nitrogens with one attached hydrogen (secondary N) is 1. The molecule has 0 aliphatic carbocycles. The zero-order valence-electron chi connectivity index (χ0n) is 10.5. The normalized spacial score (nSPS) is 10.2. The maximum atomic E-state index is 11.9. The highest BCUT2D eigenvalue weighted by molar-refractivity contribution is 5.92. The van der Waals surface area contributed by atoms with Crippen LogP contribution in [0.1, 0.15) is 5.56 Å². The molecule has 0 radical (unpaired) electrons. The Bertz CT molecular complexity index is 664. The molecule has 0 spiro atoms. The summed E-state index contributed by atoms with van der Waals surface area (Å²) < 4.78 is 1.23. The van der Waals surface area contributed by atoms with Crippen LogP contribution in [-0.2, 0) is 11.3 Å². The minimum atomic E-state index is -0.457. The van der Waals surface area contributed by atoms with E-state index in [1.54, 1.807) is 24.3 Å². The molecule has 0 atom stereocenters. The first-order valence-electron chi connectivity index (χ1n) is 5.74. The quantitative estimate of drug-likeness (QED) is 0.796. The summed E-state index contributed by atoms with van der Waals surface area (Å²) >= 11 is 0. The molecule has 1 amide bonds. The summed E-state index contributed by atoms with van der Waals surface area (Å²) in [6.45, 7) is 1.74. The van der Waals surface area contributed by atoms with Gasteiger partial charge < -0.3 is 11.1 Å². The van der Waals surface area contributed by atoms with Crippen LogP contribution in [0.3, 0.4) is 0 Å². The van der Waals surface area contributed by atoms with Crippen molar-refractivity contribution in [2.75, 3.05) is 11.1 Å². The molecule has 0 bridgehead atoms. The second-order valence-electron chi connectivity index (χ2n) is 4.10. The molecule has 2 aromatic rings. The van der Waals surface area contributed by atoms with Gasteiger partial charge in [-0.15, -0.1) is 0 Å². The van der Waals surface area contributed by atoms with Crippen molar-refractivity contribution in [2.45, 2.75) is 13.5 Å². The largest absolute Gasteiger partial charge is 0.398 e. The van der Waals surface area contributed by atoms with Gasteiger partial charge in [0.15, 0.2) is 0 Å². The summed E-state index contributed by atoms with van der Waals surface area (Å²) in [6, 6.07) is 6.88. The molecule has 2 rings (SSSR count). The number of amides is 1. The van der Waals surface area contributed by atoms with Crippen LogP contribution >= 0.6 is 0 Å². The fourth-order valence-electron chi connectivity index (χ4n) is 1.64. The lowest BCUT2D eigenvalue weighted by atomic mass is 10.1. The molecule has 6 heteroatoms. The molecule has 0 aliphatic heterocycles. The molecule has 19 heavy (non-hydrogen) atoms. The Kier molecular flexibility index (Phi) is 3.61. The van der Waals surface area contributed by atoms with Crippen molar-refractivity contribution in [1.82, 2.24) is 9.55 Å². The lowest BCUT2D eigenvalue weighted by molar-refractivity contribution is -0.116. The number of hydrogen-bond donors (Lipinski definition) is 2. The summed E-state index contributed by atoms with van der Waals surface area (Å²) in [6.07, 6.45) is 2.90. The average molecular weight is 258 g/mol. The minimum absolute atomic E-state index is 0.0824. The van der Waals surface area contributed by atoms with Crippen molar-refractivity contribution in [2.24, 2.45) is 0 Å². The van der Waals surface area contributed by atoms with Crippen LogP contribution in [0.2, 0.25) is 0 Å². The van der Waals surface area contributed by atoms with Crippen molar-refractivity contribution in [1.29, 1.82) is 0 Å². The van der Waals surface area contributed by atoms with Crippen molar-refractivity contribution < 1.29 is 4.79 Å². The van der Waals surface area contributed by atoms with Crippen LogP contribution in [-0.4, -0.2) is 15.5 Å². The van der Waals surface area contributed by atoms with E-state index in [1.165, 1.54) is 17.0 Å². The van der Waals surface area contributed by atoms with Gasteiger partial charge in [0.05, 0.1) is 0 Å². The van der Waals surface area contributed by atoms with E-state index in [1.807, 2.05) is 6.92 Å². The molecule has 1 aromatic heterocycles. The van der Waals surface area contributed by atoms with Gasteiger partial charge >= 0.3 is 5.69 Å². The molecule has 0 saturated carbocycles. The molecule has 1 aromatic carbocycles. The Morgan fingerprint density at radius 3 is 2.95 bits per heavy atom. The summed E-state index contributed by atoms with van der Waals surface area (Å²) in [5, 5.41) is 2.72. The second-order valence-corrected chi connectivity index (χ2v) is 4.10. The van der Waals surface area contributed by atoms with Gasteiger partial charge in [-0.05, 0) is 30.7 Å². The number of nitrogens with zero attached hydrogens (tertiary/aromatic N) is 2. The molecule has 0 aliphatic rings. The standard InChI is InChI=1S/C13H14N4O2/c1-9-10(14)4-2-5-11(9)16-12(18)8-17-7-3-6-15-13(17)19/h2-7H,8,14H2,1H3,(H,16,18). The van der Waals surface area contributed by atoms with Crippen LogP contribution in [0, 0.1) is 6.92 Å². The summed E-state index contributed by atoms with van der Waals surface area (Å²) in [4.78, 5) is 26.8. The predicted molar refractivity (Wildman–Crippen MR) is 72.7 cm³/mol. The van der Waals surface area contributed by atoms with Gasteiger partial charge in [0.2, 0.25) is 5.91 Å². The predicted octanol–water partition coefficient (Wildman–Crippen LogP) is 0.773. The smallest absolute Gasteiger partial charge is 0.347 e. The number of carbonyl (C=O) groups excluding carboxylic acids is 1. The summed E-state index contributed by atoms with van der Waals surface area (Å²) in [5.41, 5.74) is 7.35. The van der Waals surface area contributed by atoms with Crippen LogP contribution in [0.15, 0.2) is 41.5 Å². The molecule has 0 fully saturated rings. The van der Waals surface area contributed by atoms with Gasteiger partial charge in [-0.2, -0.15) is 0 Å². The molecule has 3 N–H and O–H groups in total. The molecule has 98 valence electrons. The molecule has 0 unspecified atom stereocenters. The van der Waals surface area contributed by atoms with E-state index in [9.17, 15) is 9.59 Å². The van der Waals surface area contributed by atoms with E-state index >= 15 is 0 Å². The van der Waals surface area contributed by atoms with E-state index in [-0.39, 0.29) is 12.5 Å². The Labute approximate surface area is 109 Å². The van der Waals surface area contributed by atoms with Crippen molar-refractivity contribution >= 4 is 17.3 Å². The minimum Gasteiger partial charge on any atom is -0.398 e. The first-order valence-corrected chi connectivity index (χ1v) is 5.74. The Morgan fingerprint density at radius 2 is 2.21 bits per heavy atom. The molecule has 0 saturated heterocycles. The first-order chi connectivity index (χ1) is 9.08. The van der Waals surface area contributed by atoms with Crippen molar-refractivity contribution in [3.8, 4) is 0 Å². The van der Waals surface area contributed by atoms with E-state index in [2.05, 4.69) is 10.3 Å². The SMILES string of the molecule is Cc1c(N)cccc1NC(=O)Cn1cccnc1=O. The summed E-state index contributed by atoms with van der Waals surface area (Å²) in [7, 11) is 0. The van der Waals surface area contributed by atoms with Gasteiger partial charge in [-0.1, -0.05) is 6.07 Å². The number of nitrogen functional groups attached to an aromatic ring is 1. The van der Waals surface area contributed by atoms with Crippen LogP contribution in [0.25, 0.3) is 0 Å². The number of nitrogens with two attached hydrogens (primary N) is 1. The Morgan fingerprint density at radius 1 is 1.42 bits per heavy atom. The third kappa shape index (κ3) is 2.98. The Balaban J connectivity index is 2.12. The third-order valence-corrected chi connectivity index (χ3v) is 2.75. The zero-order valence-corrected chi connectivity index (χ0v) is 10.5. The van der Waals surface area contributed by atoms with Crippen molar-refractivity contribution in [3.05, 3.63) is 52.7 Å². The number of carbonyl (C=O) groups is 1. The van der Waals surface area contributed by atoms with E-state index in [0.717, 1.165) is 5.56 Å². The van der Waals surface area contributed by atoms with Gasteiger partial charge in [-0.3, -0.25) is 9.36 Å². The maximum absolute atomic E-state index is 11.9. The first kappa shape index (κ1) is 12.8. The summed E-state index contributed by atoms with van der Waals surface area (Å²) in [5.74, 6) is -0.302. The fourth-order valence-corrected chi connectivity index (χ4v) is 1.64. The lowest BCUT2D eigenvalue weighted by Gasteiger charge is -2.10. The average Bonchev–Trinajstić information content (AvgIpc) is 2.38. The van der Waals surface area contributed by atoms with Gasteiger partial charge in [-0.25, -0.2) is 9.78 Å². The number of anilines is 2. The molecular formula is C13H14N4O2. The van der Waals surface area contributed by atoms with Gasteiger partial charge in [0, 0.05) is 23.8 Å². The van der Waals surface area contributed by atoms with Gasteiger partial charge in [0.1, 0.15) is 6.54 Å². The topological polar surface area (TPSA) is 90.0 Å². The maximum Gasteiger partial charge on any atom is 0.347 e. The monoisotopic (exact) mass is 258 g/mol. The van der Waals surface area contributed by atoms with E-state index in [0.29, 0.717) is 11.4 Å². The highest BCUT2D eigenvalue weighted by Gasteiger charge is 2.07. The Hall–Kier alpha value is -2.63. The number of hydrogen-bond acceptors (Lipinski definition) is 4. The highest BCUT2D eigenvalue weighted by Crippen LogP contribution is 2.20. The van der Waals surface area contributed by atoms with E-state index in [4.69, 9.17) is 5.73 Å². The highest BCUT2D eigenvalue weighted by atomic mass is 16.2. The fraction of sp³-hybridized carbons (Fsp3) is 0.154.